The maximum atomic E-state index is 13.9. The Balaban J connectivity index is 0.00000361. The molecule has 1 amide bonds. The third kappa shape index (κ3) is 4.25. The van der Waals surface area contributed by atoms with Gasteiger partial charge in [-0.1, -0.05) is 0 Å². The lowest BCUT2D eigenvalue weighted by Crippen LogP contribution is -2.33. The molecule has 0 aromatic heterocycles. The summed E-state index contributed by atoms with van der Waals surface area (Å²) >= 11 is 0. The molecule has 0 atom stereocenters. The molecule has 0 unspecified atom stereocenters. The molecule has 0 aliphatic rings. The predicted molar refractivity (Wildman–Crippen MR) is 77.6 cm³/mol. The number of nitrogens with zero attached hydrogens (tertiary/aromatic N) is 1. The Bertz CT molecular complexity index is 457. The Morgan fingerprint density at radius 1 is 1.30 bits per heavy atom. The van der Waals surface area contributed by atoms with Gasteiger partial charge in [0.25, 0.3) is 5.91 Å². The summed E-state index contributed by atoms with van der Waals surface area (Å²) in [5.41, 5.74) is -0.0312. The van der Waals surface area contributed by atoms with E-state index in [2.05, 4.69) is 5.32 Å². The van der Waals surface area contributed by atoms with Gasteiger partial charge in [-0.15, -0.1) is 12.4 Å². The predicted octanol–water partition coefficient (Wildman–Crippen LogP) is 1.56. The van der Waals surface area contributed by atoms with Gasteiger partial charge < -0.3 is 19.7 Å². The van der Waals surface area contributed by atoms with Crippen molar-refractivity contribution >= 4 is 18.3 Å². The molecule has 5 nitrogen and oxygen atoms in total. The van der Waals surface area contributed by atoms with Gasteiger partial charge in [-0.2, -0.15) is 0 Å². The van der Waals surface area contributed by atoms with Gasteiger partial charge in [-0.3, -0.25) is 4.79 Å². The van der Waals surface area contributed by atoms with E-state index < -0.39 is 11.7 Å². The van der Waals surface area contributed by atoms with Crippen LogP contribution < -0.4 is 14.8 Å². The van der Waals surface area contributed by atoms with Gasteiger partial charge >= 0.3 is 0 Å². The minimum atomic E-state index is -0.626. The first-order valence-electron chi connectivity index (χ1n) is 5.86. The summed E-state index contributed by atoms with van der Waals surface area (Å²) in [6.07, 6.45) is 0. The highest BCUT2D eigenvalue weighted by Crippen LogP contribution is 2.30. The molecular formula is C13H20ClFN2O3. The lowest BCUT2D eigenvalue weighted by Gasteiger charge is -2.18. The normalized spacial score (nSPS) is 9.65. The second kappa shape index (κ2) is 8.60. The summed E-state index contributed by atoms with van der Waals surface area (Å²) in [6, 6.07) is 2.50. The van der Waals surface area contributed by atoms with Crippen molar-refractivity contribution < 1.29 is 18.7 Å². The minimum absolute atomic E-state index is 0. The van der Waals surface area contributed by atoms with Crippen molar-refractivity contribution in [2.24, 2.45) is 0 Å². The molecule has 20 heavy (non-hydrogen) atoms. The molecule has 1 rings (SSSR count). The van der Waals surface area contributed by atoms with Gasteiger partial charge in [0.15, 0.2) is 11.5 Å². The Morgan fingerprint density at radius 2 is 1.85 bits per heavy atom. The van der Waals surface area contributed by atoms with E-state index in [1.165, 1.54) is 25.2 Å². The standard InChI is InChI=1S/C13H19FN2O3.ClH/c1-15-5-6-16(2)13(17)9-7-11(18-3)12(19-4)8-10(9)14;/h7-8,15H,5-6H2,1-4H3;1H. The highest BCUT2D eigenvalue weighted by molar-refractivity contribution is 5.95. The van der Waals surface area contributed by atoms with Crippen molar-refractivity contribution in [2.45, 2.75) is 0 Å². The van der Waals surface area contributed by atoms with E-state index >= 15 is 0 Å². The Labute approximate surface area is 124 Å². The van der Waals surface area contributed by atoms with E-state index in [-0.39, 0.29) is 23.7 Å². The second-order valence-electron chi connectivity index (χ2n) is 4.02. The number of methoxy groups -OCH3 is 2. The fraction of sp³-hybridized carbons (Fsp3) is 0.462. The smallest absolute Gasteiger partial charge is 0.256 e. The van der Waals surface area contributed by atoms with Crippen molar-refractivity contribution in [2.75, 3.05) is 41.4 Å². The summed E-state index contributed by atoms with van der Waals surface area (Å²) in [5, 5.41) is 2.93. The number of benzene rings is 1. The monoisotopic (exact) mass is 306 g/mol. The molecule has 0 heterocycles. The van der Waals surface area contributed by atoms with Crippen LogP contribution in [0, 0.1) is 5.82 Å². The number of rotatable bonds is 6. The van der Waals surface area contributed by atoms with Crippen LogP contribution in [0.1, 0.15) is 10.4 Å². The number of nitrogens with one attached hydrogen (secondary N) is 1. The molecule has 7 heteroatoms. The fourth-order valence-corrected chi connectivity index (χ4v) is 1.60. The maximum absolute atomic E-state index is 13.9. The average molecular weight is 307 g/mol. The van der Waals surface area contributed by atoms with E-state index in [0.717, 1.165) is 6.07 Å². The van der Waals surface area contributed by atoms with E-state index in [4.69, 9.17) is 9.47 Å². The third-order valence-electron chi connectivity index (χ3n) is 2.75. The molecule has 0 saturated carbocycles. The molecule has 0 aliphatic heterocycles. The van der Waals surface area contributed by atoms with E-state index in [0.29, 0.717) is 18.8 Å². The molecule has 0 aliphatic carbocycles. The number of halogens is 2. The summed E-state index contributed by atoms with van der Waals surface area (Å²) in [6.45, 7) is 1.13. The molecule has 1 N–H and O–H groups in total. The van der Waals surface area contributed by atoms with Crippen LogP contribution >= 0.6 is 12.4 Å². The topological polar surface area (TPSA) is 50.8 Å². The number of amides is 1. The summed E-state index contributed by atoms with van der Waals surface area (Å²) in [4.78, 5) is 13.5. The van der Waals surface area contributed by atoms with Gasteiger partial charge in [0, 0.05) is 26.2 Å². The van der Waals surface area contributed by atoms with E-state index in [1.54, 1.807) is 14.1 Å². The Kier molecular flexibility index (Phi) is 7.94. The zero-order chi connectivity index (χ0) is 14.4. The van der Waals surface area contributed by atoms with E-state index in [9.17, 15) is 9.18 Å². The van der Waals surface area contributed by atoms with Crippen molar-refractivity contribution in [3.05, 3.63) is 23.5 Å². The van der Waals surface area contributed by atoms with Crippen LogP contribution in [0.15, 0.2) is 12.1 Å². The van der Waals surface area contributed by atoms with Crippen LogP contribution in [0.4, 0.5) is 4.39 Å². The van der Waals surface area contributed by atoms with E-state index in [1.807, 2.05) is 0 Å². The first-order chi connectivity index (χ1) is 9.04. The summed E-state index contributed by atoms with van der Waals surface area (Å²) in [5.74, 6) is -0.434. The number of hydrogen-bond acceptors (Lipinski definition) is 4. The zero-order valence-corrected chi connectivity index (χ0v) is 12.8. The third-order valence-corrected chi connectivity index (χ3v) is 2.75. The highest BCUT2D eigenvalue weighted by Gasteiger charge is 2.19. The maximum Gasteiger partial charge on any atom is 0.256 e. The number of hydrogen-bond donors (Lipinski definition) is 1. The molecule has 114 valence electrons. The number of carbonyl (C=O) groups is 1. The van der Waals surface area contributed by atoms with Crippen LogP contribution in [0.2, 0.25) is 0 Å². The lowest BCUT2D eigenvalue weighted by atomic mass is 10.1. The Hall–Kier alpha value is -1.53. The SMILES string of the molecule is CNCCN(C)C(=O)c1cc(OC)c(OC)cc1F.Cl. The minimum Gasteiger partial charge on any atom is -0.493 e. The van der Waals surface area contributed by atoms with Gasteiger partial charge in [-0.25, -0.2) is 4.39 Å². The first kappa shape index (κ1) is 18.5. The molecule has 0 fully saturated rings. The number of carbonyl (C=O) groups excluding carboxylic acids is 1. The van der Waals surface area contributed by atoms with Crippen molar-refractivity contribution in [1.29, 1.82) is 0 Å². The summed E-state index contributed by atoms with van der Waals surface area (Å²) in [7, 11) is 6.26. The molecule has 0 bridgehead atoms. The van der Waals surface area contributed by atoms with Gasteiger partial charge in [0.1, 0.15) is 5.82 Å². The van der Waals surface area contributed by atoms with Gasteiger partial charge in [-0.05, 0) is 13.1 Å². The van der Waals surface area contributed by atoms with Crippen molar-refractivity contribution in [3.8, 4) is 11.5 Å². The van der Waals surface area contributed by atoms with Crippen LogP contribution in [-0.4, -0.2) is 52.2 Å². The van der Waals surface area contributed by atoms with Crippen molar-refractivity contribution in [1.82, 2.24) is 10.2 Å². The Morgan fingerprint density at radius 3 is 2.35 bits per heavy atom. The fourth-order valence-electron chi connectivity index (χ4n) is 1.60. The number of ether oxygens (including phenoxy) is 2. The zero-order valence-electron chi connectivity index (χ0n) is 12.0. The second-order valence-corrected chi connectivity index (χ2v) is 4.02. The quantitative estimate of drug-likeness (QED) is 0.866. The molecule has 0 saturated heterocycles. The molecule has 1 aromatic carbocycles. The first-order valence-corrected chi connectivity index (χ1v) is 5.86. The van der Waals surface area contributed by atoms with Crippen LogP contribution in [0.5, 0.6) is 11.5 Å². The van der Waals surface area contributed by atoms with Gasteiger partial charge in [0.2, 0.25) is 0 Å². The largest absolute Gasteiger partial charge is 0.493 e. The summed E-state index contributed by atoms with van der Waals surface area (Å²) < 4.78 is 23.9. The van der Waals surface area contributed by atoms with Crippen molar-refractivity contribution in [3.63, 3.8) is 0 Å². The molecule has 0 radical (unpaired) electrons. The van der Waals surface area contributed by atoms with Crippen LogP contribution in [-0.2, 0) is 0 Å². The van der Waals surface area contributed by atoms with Crippen LogP contribution in [0.3, 0.4) is 0 Å². The average Bonchev–Trinajstić information content (AvgIpc) is 2.43. The molecule has 0 spiro atoms. The lowest BCUT2D eigenvalue weighted by molar-refractivity contribution is 0.0791. The van der Waals surface area contributed by atoms with Gasteiger partial charge in [0.05, 0.1) is 19.8 Å². The highest BCUT2D eigenvalue weighted by atomic mass is 35.5. The van der Waals surface area contributed by atoms with Crippen LogP contribution in [0.25, 0.3) is 0 Å². The molecule has 1 aromatic rings. The number of likely N-dealkylation sites (N-methyl/N-ethyl adjacent to an activating group) is 2. The molecular weight excluding hydrogens is 287 g/mol.